The van der Waals surface area contributed by atoms with E-state index in [1.54, 1.807) is 0 Å². The lowest BCUT2D eigenvalue weighted by Crippen LogP contribution is -2.15. The summed E-state index contributed by atoms with van der Waals surface area (Å²) < 4.78 is 1.99. The van der Waals surface area contributed by atoms with E-state index in [2.05, 4.69) is 15.5 Å². The summed E-state index contributed by atoms with van der Waals surface area (Å²) in [6, 6.07) is 27.6. The molecule has 4 aromatic rings. The molecule has 0 spiro atoms. The van der Waals surface area contributed by atoms with Crippen molar-refractivity contribution in [3.8, 4) is 17.1 Å². The molecular weight excluding hydrogens is 406 g/mol. The predicted molar refractivity (Wildman–Crippen MR) is 127 cm³/mol. The van der Waals surface area contributed by atoms with Crippen LogP contribution in [-0.2, 0) is 4.79 Å². The van der Waals surface area contributed by atoms with Crippen molar-refractivity contribution in [2.75, 3.05) is 30.1 Å². The van der Waals surface area contributed by atoms with Crippen LogP contribution in [0.25, 0.3) is 17.1 Å². The van der Waals surface area contributed by atoms with Crippen molar-refractivity contribution in [2.45, 2.75) is 5.16 Å². The van der Waals surface area contributed by atoms with E-state index < -0.39 is 0 Å². The van der Waals surface area contributed by atoms with Gasteiger partial charge in [0.15, 0.2) is 11.0 Å². The van der Waals surface area contributed by atoms with Crippen molar-refractivity contribution in [1.82, 2.24) is 14.8 Å². The number of hydrogen-bond acceptors (Lipinski definition) is 5. The van der Waals surface area contributed by atoms with Crippen molar-refractivity contribution < 1.29 is 4.79 Å². The van der Waals surface area contributed by atoms with E-state index in [-0.39, 0.29) is 11.7 Å². The quantitative estimate of drug-likeness (QED) is 0.430. The van der Waals surface area contributed by atoms with Crippen LogP contribution in [0.2, 0.25) is 0 Å². The Morgan fingerprint density at radius 1 is 0.903 bits per heavy atom. The normalized spacial score (nSPS) is 10.6. The maximum Gasteiger partial charge on any atom is 0.234 e. The molecule has 7 heteroatoms. The van der Waals surface area contributed by atoms with Gasteiger partial charge in [-0.25, -0.2) is 0 Å². The van der Waals surface area contributed by atoms with Crippen molar-refractivity contribution in [3.05, 3.63) is 84.9 Å². The fourth-order valence-corrected chi connectivity index (χ4v) is 3.87. The van der Waals surface area contributed by atoms with E-state index in [0.29, 0.717) is 5.16 Å². The molecule has 31 heavy (non-hydrogen) atoms. The first kappa shape index (κ1) is 20.7. The first-order valence-electron chi connectivity index (χ1n) is 9.88. The van der Waals surface area contributed by atoms with Gasteiger partial charge in [0, 0.05) is 36.7 Å². The zero-order valence-electron chi connectivity index (χ0n) is 17.4. The van der Waals surface area contributed by atoms with Crippen LogP contribution in [-0.4, -0.2) is 40.5 Å². The molecule has 0 aliphatic heterocycles. The summed E-state index contributed by atoms with van der Waals surface area (Å²) in [6.07, 6.45) is 0. The minimum Gasteiger partial charge on any atom is -0.378 e. The number of hydrogen-bond donors (Lipinski definition) is 1. The Morgan fingerprint density at radius 3 is 2.19 bits per heavy atom. The minimum atomic E-state index is -0.0912. The largest absolute Gasteiger partial charge is 0.378 e. The minimum absolute atomic E-state index is 0.0912. The third-order valence-corrected chi connectivity index (χ3v) is 5.61. The Bertz CT molecular complexity index is 1140. The number of aromatic nitrogens is 3. The number of carbonyl (C=O) groups is 1. The average Bonchev–Trinajstić information content (AvgIpc) is 3.23. The maximum absolute atomic E-state index is 12.5. The molecule has 1 aromatic heterocycles. The molecule has 0 radical (unpaired) electrons. The summed E-state index contributed by atoms with van der Waals surface area (Å²) in [7, 11) is 3.97. The summed E-state index contributed by atoms with van der Waals surface area (Å²) in [5.41, 5.74) is 3.77. The van der Waals surface area contributed by atoms with Crippen LogP contribution >= 0.6 is 11.8 Å². The molecule has 0 atom stereocenters. The van der Waals surface area contributed by atoms with Crippen molar-refractivity contribution in [1.29, 1.82) is 0 Å². The van der Waals surface area contributed by atoms with Gasteiger partial charge in [-0.1, -0.05) is 60.3 Å². The summed E-state index contributed by atoms with van der Waals surface area (Å²) in [6.45, 7) is 0. The lowest BCUT2D eigenvalue weighted by atomic mass is 10.2. The van der Waals surface area contributed by atoms with Crippen molar-refractivity contribution in [2.24, 2.45) is 0 Å². The molecular formula is C24H23N5OS. The van der Waals surface area contributed by atoms with Gasteiger partial charge < -0.3 is 10.2 Å². The molecule has 0 saturated carbocycles. The predicted octanol–water partition coefficient (Wildman–Crippen LogP) is 4.73. The number of anilines is 2. The Morgan fingerprint density at radius 2 is 1.55 bits per heavy atom. The first-order chi connectivity index (χ1) is 15.1. The summed E-state index contributed by atoms with van der Waals surface area (Å²) in [4.78, 5) is 14.5. The highest BCUT2D eigenvalue weighted by atomic mass is 32.2. The van der Waals surface area contributed by atoms with Crippen LogP contribution < -0.4 is 10.2 Å². The third kappa shape index (κ3) is 4.95. The van der Waals surface area contributed by atoms with Gasteiger partial charge in [-0.15, -0.1) is 10.2 Å². The number of rotatable bonds is 7. The second-order valence-electron chi connectivity index (χ2n) is 7.12. The molecule has 3 aromatic carbocycles. The van der Waals surface area contributed by atoms with Gasteiger partial charge in [0.2, 0.25) is 5.91 Å². The van der Waals surface area contributed by atoms with Crippen LogP contribution in [0.4, 0.5) is 11.4 Å². The SMILES string of the molecule is CN(C)c1ccc(NC(=O)CSc2nnc(-c3ccccc3)n2-c2ccccc2)cc1. The second-order valence-corrected chi connectivity index (χ2v) is 8.06. The van der Waals surface area contributed by atoms with Gasteiger partial charge in [0.05, 0.1) is 5.75 Å². The molecule has 1 heterocycles. The molecule has 4 rings (SSSR count). The number of carbonyl (C=O) groups excluding carboxylic acids is 1. The fourth-order valence-electron chi connectivity index (χ4n) is 3.12. The number of para-hydroxylation sites is 1. The van der Waals surface area contributed by atoms with Crippen LogP contribution in [0, 0.1) is 0 Å². The van der Waals surface area contributed by atoms with Gasteiger partial charge in [-0.2, -0.15) is 0 Å². The van der Waals surface area contributed by atoms with Crippen molar-refractivity contribution >= 4 is 29.0 Å². The van der Waals surface area contributed by atoms with E-state index in [0.717, 1.165) is 28.5 Å². The van der Waals surface area contributed by atoms with E-state index in [1.165, 1.54) is 11.8 Å². The van der Waals surface area contributed by atoms with E-state index in [9.17, 15) is 4.79 Å². The van der Waals surface area contributed by atoms with Gasteiger partial charge >= 0.3 is 0 Å². The van der Waals surface area contributed by atoms with Crippen LogP contribution in [0.1, 0.15) is 0 Å². The van der Waals surface area contributed by atoms with Crippen LogP contribution in [0.15, 0.2) is 90.1 Å². The zero-order valence-corrected chi connectivity index (χ0v) is 18.2. The lowest BCUT2D eigenvalue weighted by molar-refractivity contribution is -0.113. The zero-order chi connectivity index (χ0) is 21.6. The number of nitrogens with zero attached hydrogens (tertiary/aromatic N) is 4. The molecule has 156 valence electrons. The molecule has 1 amide bonds. The van der Waals surface area contributed by atoms with E-state index in [4.69, 9.17) is 0 Å². The molecule has 6 nitrogen and oxygen atoms in total. The summed E-state index contributed by atoms with van der Waals surface area (Å²) >= 11 is 1.36. The van der Waals surface area contributed by atoms with E-state index in [1.807, 2.05) is 108 Å². The molecule has 0 bridgehead atoms. The third-order valence-electron chi connectivity index (χ3n) is 4.68. The molecule has 0 aliphatic carbocycles. The number of thioether (sulfide) groups is 1. The highest BCUT2D eigenvalue weighted by molar-refractivity contribution is 7.99. The Labute approximate surface area is 185 Å². The van der Waals surface area contributed by atoms with Gasteiger partial charge in [0.25, 0.3) is 0 Å². The first-order valence-corrected chi connectivity index (χ1v) is 10.9. The maximum atomic E-state index is 12.5. The van der Waals surface area contributed by atoms with Crippen LogP contribution in [0.3, 0.4) is 0 Å². The second kappa shape index (κ2) is 9.49. The Hall–Kier alpha value is -3.58. The van der Waals surface area contributed by atoms with Gasteiger partial charge in [-0.3, -0.25) is 9.36 Å². The average molecular weight is 430 g/mol. The summed E-state index contributed by atoms with van der Waals surface area (Å²) in [5.74, 6) is 0.885. The summed E-state index contributed by atoms with van der Waals surface area (Å²) in [5, 5.41) is 12.4. The fraction of sp³-hybridized carbons (Fsp3) is 0.125. The highest BCUT2D eigenvalue weighted by Crippen LogP contribution is 2.28. The monoisotopic (exact) mass is 429 g/mol. The number of nitrogens with one attached hydrogen (secondary N) is 1. The Kier molecular flexibility index (Phi) is 6.33. The number of amides is 1. The van der Waals surface area contributed by atoms with E-state index >= 15 is 0 Å². The molecule has 1 N–H and O–H groups in total. The van der Waals surface area contributed by atoms with Gasteiger partial charge in [0.1, 0.15) is 0 Å². The molecule has 0 unspecified atom stereocenters. The Balaban J connectivity index is 1.52. The van der Waals surface area contributed by atoms with Crippen molar-refractivity contribution in [3.63, 3.8) is 0 Å². The molecule has 0 saturated heterocycles. The smallest absolute Gasteiger partial charge is 0.234 e. The topological polar surface area (TPSA) is 63.1 Å². The molecule has 0 fully saturated rings. The van der Waals surface area contributed by atoms with Crippen LogP contribution in [0.5, 0.6) is 0 Å². The number of benzene rings is 3. The lowest BCUT2D eigenvalue weighted by Gasteiger charge is -2.13. The highest BCUT2D eigenvalue weighted by Gasteiger charge is 2.17. The standard InChI is InChI=1S/C24H23N5OS/c1-28(2)20-15-13-19(14-16-20)25-22(30)17-31-24-27-26-23(18-9-5-3-6-10-18)29(24)21-11-7-4-8-12-21/h3-16H,17H2,1-2H3,(H,25,30). The van der Waals surface area contributed by atoms with Gasteiger partial charge in [-0.05, 0) is 36.4 Å². The molecule has 0 aliphatic rings.